The number of carbonyl (C=O) groups is 1. The van der Waals surface area contributed by atoms with Crippen molar-refractivity contribution in [3.05, 3.63) is 47.2 Å². The third-order valence-electron chi connectivity index (χ3n) is 3.25. The molecule has 1 aromatic carbocycles. The fraction of sp³-hybridized carbons (Fsp3) is 0.375. The second-order valence-electron chi connectivity index (χ2n) is 6.11. The Bertz CT molecular complexity index is 625. The lowest BCUT2D eigenvalue weighted by Gasteiger charge is -2.14. The lowest BCUT2D eigenvalue weighted by molar-refractivity contribution is 0.102. The second kappa shape index (κ2) is 6.10. The van der Waals surface area contributed by atoms with Gasteiger partial charge in [0, 0.05) is 22.7 Å². The molecule has 0 bridgehead atoms. The van der Waals surface area contributed by atoms with E-state index in [4.69, 9.17) is 5.73 Å². The molecule has 0 saturated carbocycles. The summed E-state index contributed by atoms with van der Waals surface area (Å²) in [5.41, 5.74) is 8.16. The minimum atomic E-state index is -0.166. The number of aromatic nitrogens is 2. The molecule has 1 aromatic heterocycles. The van der Waals surface area contributed by atoms with Gasteiger partial charge >= 0.3 is 0 Å². The highest BCUT2D eigenvalue weighted by molar-refractivity contribution is 6.03. The molecule has 0 unspecified atom stereocenters. The third kappa shape index (κ3) is 3.92. The predicted octanol–water partition coefficient (Wildman–Crippen LogP) is 2.46. The Morgan fingerprint density at radius 2 is 2.10 bits per heavy atom. The van der Waals surface area contributed by atoms with Gasteiger partial charge in [0.05, 0.1) is 0 Å². The van der Waals surface area contributed by atoms with Crippen molar-refractivity contribution < 1.29 is 4.79 Å². The van der Waals surface area contributed by atoms with Crippen molar-refractivity contribution in [2.45, 2.75) is 32.6 Å². The molecule has 5 heteroatoms. The first-order valence-corrected chi connectivity index (χ1v) is 7.06. The van der Waals surface area contributed by atoms with Gasteiger partial charge in [-0.2, -0.15) is 5.10 Å². The normalized spacial score (nSPS) is 11.4. The maximum Gasteiger partial charge on any atom is 0.256 e. The van der Waals surface area contributed by atoms with E-state index in [-0.39, 0.29) is 11.3 Å². The Balaban J connectivity index is 2.11. The minimum Gasteiger partial charge on any atom is -0.330 e. The van der Waals surface area contributed by atoms with Gasteiger partial charge in [-0.3, -0.25) is 9.89 Å². The molecule has 0 atom stereocenters. The minimum absolute atomic E-state index is 0.0307. The molecule has 0 spiro atoms. The Kier molecular flexibility index (Phi) is 4.43. The quantitative estimate of drug-likeness (QED) is 0.807. The molecule has 1 heterocycles. The molecule has 2 aromatic rings. The molecule has 0 radical (unpaired) electrons. The van der Waals surface area contributed by atoms with E-state index in [9.17, 15) is 4.79 Å². The number of nitrogens with two attached hydrogens (primary N) is 1. The van der Waals surface area contributed by atoms with Crippen LogP contribution in [0.2, 0.25) is 0 Å². The zero-order valence-corrected chi connectivity index (χ0v) is 12.7. The Morgan fingerprint density at radius 3 is 2.71 bits per heavy atom. The van der Waals surface area contributed by atoms with Crippen LogP contribution in [0.1, 0.15) is 42.4 Å². The van der Waals surface area contributed by atoms with Crippen molar-refractivity contribution >= 4 is 11.7 Å². The molecular formula is C16H22N4O. The van der Waals surface area contributed by atoms with Crippen LogP contribution < -0.4 is 11.1 Å². The highest BCUT2D eigenvalue weighted by Gasteiger charge is 2.17. The number of rotatable bonds is 4. The molecule has 1 amide bonds. The van der Waals surface area contributed by atoms with Crippen molar-refractivity contribution in [2.75, 3.05) is 11.9 Å². The number of H-pyrrole nitrogens is 1. The summed E-state index contributed by atoms with van der Waals surface area (Å²) in [4.78, 5) is 12.2. The highest BCUT2D eigenvalue weighted by Crippen LogP contribution is 2.22. The monoisotopic (exact) mass is 286 g/mol. The van der Waals surface area contributed by atoms with Crippen LogP contribution in [-0.4, -0.2) is 22.6 Å². The van der Waals surface area contributed by atoms with Gasteiger partial charge in [-0.05, 0) is 30.7 Å². The molecule has 0 saturated heterocycles. The molecular weight excluding hydrogens is 264 g/mol. The summed E-state index contributed by atoms with van der Waals surface area (Å²) in [6.45, 7) is 6.83. The zero-order chi connectivity index (χ0) is 15.5. The van der Waals surface area contributed by atoms with E-state index < -0.39 is 0 Å². The predicted molar refractivity (Wildman–Crippen MR) is 84.4 cm³/mol. The summed E-state index contributed by atoms with van der Waals surface area (Å²) in [6, 6.07) is 9.34. The van der Waals surface area contributed by atoms with Crippen molar-refractivity contribution in [2.24, 2.45) is 5.73 Å². The smallest absolute Gasteiger partial charge is 0.256 e. The number of hydrogen-bond donors (Lipinski definition) is 3. The lowest BCUT2D eigenvalue weighted by Crippen LogP contribution is -2.13. The SMILES string of the molecule is CC(C)(C)c1cc(NC(=O)c2cccc(CCN)c2)n[nH]1. The summed E-state index contributed by atoms with van der Waals surface area (Å²) >= 11 is 0. The Hall–Kier alpha value is -2.14. The van der Waals surface area contributed by atoms with Crippen molar-refractivity contribution in [1.29, 1.82) is 0 Å². The van der Waals surface area contributed by atoms with E-state index in [2.05, 4.69) is 36.3 Å². The maximum atomic E-state index is 12.2. The van der Waals surface area contributed by atoms with Crippen LogP contribution in [0.3, 0.4) is 0 Å². The maximum absolute atomic E-state index is 12.2. The highest BCUT2D eigenvalue weighted by atomic mass is 16.1. The average molecular weight is 286 g/mol. The summed E-state index contributed by atoms with van der Waals surface area (Å²) in [7, 11) is 0. The van der Waals surface area contributed by atoms with Gasteiger partial charge in [0.2, 0.25) is 0 Å². The molecule has 0 aliphatic heterocycles. The van der Waals surface area contributed by atoms with Crippen LogP contribution in [0.15, 0.2) is 30.3 Å². The molecule has 0 aliphatic rings. The number of nitrogens with one attached hydrogen (secondary N) is 2. The van der Waals surface area contributed by atoms with E-state index in [1.165, 1.54) is 0 Å². The van der Waals surface area contributed by atoms with Gasteiger partial charge < -0.3 is 11.1 Å². The Labute approximate surface area is 124 Å². The van der Waals surface area contributed by atoms with E-state index >= 15 is 0 Å². The van der Waals surface area contributed by atoms with Crippen LogP contribution >= 0.6 is 0 Å². The van der Waals surface area contributed by atoms with Crippen LogP contribution in [0, 0.1) is 0 Å². The summed E-state index contributed by atoms with van der Waals surface area (Å²) < 4.78 is 0. The standard InChI is InChI=1S/C16H22N4O/c1-16(2,3)13-10-14(20-19-13)18-15(21)12-6-4-5-11(9-12)7-8-17/h4-6,9-10H,7-8,17H2,1-3H3,(H2,18,19,20,21). The van der Waals surface area contributed by atoms with E-state index in [1.54, 1.807) is 6.07 Å². The van der Waals surface area contributed by atoms with Gasteiger partial charge in [0.1, 0.15) is 0 Å². The first-order chi connectivity index (χ1) is 9.90. The van der Waals surface area contributed by atoms with Crippen molar-refractivity contribution in [3.8, 4) is 0 Å². The fourth-order valence-corrected chi connectivity index (χ4v) is 1.99. The average Bonchev–Trinajstić information content (AvgIpc) is 2.88. The molecule has 0 aliphatic carbocycles. The largest absolute Gasteiger partial charge is 0.330 e. The molecule has 2 rings (SSSR count). The number of hydrogen-bond acceptors (Lipinski definition) is 3. The summed E-state index contributed by atoms with van der Waals surface area (Å²) in [6.07, 6.45) is 0.762. The number of nitrogens with zero attached hydrogens (tertiary/aromatic N) is 1. The molecule has 21 heavy (non-hydrogen) atoms. The first kappa shape index (κ1) is 15.3. The topological polar surface area (TPSA) is 83.8 Å². The fourth-order valence-electron chi connectivity index (χ4n) is 1.99. The number of aromatic amines is 1. The van der Waals surface area contributed by atoms with Crippen molar-refractivity contribution in [1.82, 2.24) is 10.2 Å². The summed E-state index contributed by atoms with van der Waals surface area (Å²) in [5, 5.41) is 9.89. The van der Waals surface area contributed by atoms with Gasteiger partial charge in [0.25, 0.3) is 5.91 Å². The number of benzene rings is 1. The van der Waals surface area contributed by atoms with Gasteiger partial charge in [0.15, 0.2) is 5.82 Å². The van der Waals surface area contributed by atoms with Crippen LogP contribution in [-0.2, 0) is 11.8 Å². The lowest BCUT2D eigenvalue weighted by atomic mass is 9.92. The number of anilines is 1. The third-order valence-corrected chi connectivity index (χ3v) is 3.25. The summed E-state index contributed by atoms with van der Waals surface area (Å²) in [5.74, 6) is 0.370. The second-order valence-corrected chi connectivity index (χ2v) is 6.11. The van der Waals surface area contributed by atoms with Crippen LogP contribution in [0.4, 0.5) is 5.82 Å². The molecule has 5 nitrogen and oxygen atoms in total. The molecule has 0 fully saturated rings. The zero-order valence-electron chi connectivity index (χ0n) is 12.7. The van der Waals surface area contributed by atoms with Gasteiger partial charge in [-0.25, -0.2) is 0 Å². The Morgan fingerprint density at radius 1 is 1.33 bits per heavy atom. The molecule has 112 valence electrons. The van der Waals surface area contributed by atoms with Gasteiger partial charge in [-0.1, -0.05) is 32.9 Å². The van der Waals surface area contributed by atoms with Crippen molar-refractivity contribution in [3.63, 3.8) is 0 Å². The van der Waals surface area contributed by atoms with E-state index in [0.29, 0.717) is 17.9 Å². The first-order valence-electron chi connectivity index (χ1n) is 7.06. The molecule has 4 N–H and O–H groups in total. The van der Waals surface area contributed by atoms with Crippen LogP contribution in [0.25, 0.3) is 0 Å². The van der Waals surface area contributed by atoms with Crippen LogP contribution in [0.5, 0.6) is 0 Å². The number of carbonyl (C=O) groups excluding carboxylic acids is 1. The van der Waals surface area contributed by atoms with E-state index in [0.717, 1.165) is 17.7 Å². The number of amides is 1. The van der Waals surface area contributed by atoms with E-state index in [1.807, 2.05) is 24.3 Å². The van der Waals surface area contributed by atoms with Gasteiger partial charge in [-0.15, -0.1) is 0 Å².